The molecule has 0 heterocycles. The zero-order valence-corrected chi connectivity index (χ0v) is 20.4. The number of amides is 1. The summed E-state index contributed by atoms with van der Waals surface area (Å²) in [6, 6.07) is 11.8. The van der Waals surface area contributed by atoms with Gasteiger partial charge < -0.3 is 10.1 Å². The molecular formula is C28H45NO2. The number of hydrogen-bond donors (Lipinski definition) is 1. The summed E-state index contributed by atoms with van der Waals surface area (Å²) in [5.74, 6) is 0.850. The molecule has 1 aromatic rings. The van der Waals surface area contributed by atoms with Crippen molar-refractivity contribution in [2.45, 2.75) is 103 Å². The van der Waals surface area contributed by atoms with Crippen molar-refractivity contribution < 1.29 is 9.53 Å². The van der Waals surface area contributed by atoms with Crippen molar-refractivity contribution in [1.29, 1.82) is 0 Å². The van der Waals surface area contributed by atoms with E-state index in [-0.39, 0.29) is 0 Å². The van der Waals surface area contributed by atoms with E-state index >= 15 is 0 Å². The Kier molecular flexibility index (Phi) is 8.24. The van der Waals surface area contributed by atoms with Gasteiger partial charge >= 0.3 is 0 Å². The first-order valence-electron chi connectivity index (χ1n) is 12.6. The highest BCUT2D eigenvalue weighted by Crippen LogP contribution is 2.61. The Morgan fingerprint density at radius 2 is 1.71 bits per heavy atom. The molecule has 0 aliphatic heterocycles. The number of nitrogens with one attached hydrogen (secondary N) is 1. The van der Waals surface area contributed by atoms with Crippen molar-refractivity contribution in [2.75, 3.05) is 13.2 Å². The van der Waals surface area contributed by atoms with E-state index in [2.05, 4.69) is 63.3 Å². The van der Waals surface area contributed by atoms with Gasteiger partial charge in [-0.2, -0.15) is 0 Å². The van der Waals surface area contributed by atoms with Crippen molar-refractivity contribution in [2.24, 2.45) is 16.7 Å². The van der Waals surface area contributed by atoms with Crippen LogP contribution in [0.3, 0.4) is 0 Å². The van der Waals surface area contributed by atoms with Gasteiger partial charge in [-0.25, -0.2) is 0 Å². The second kappa shape index (κ2) is 10.5. The maximum Gasteiger partial charge on any atom is 0.207 e. The first-order chi connectivity index (χ1) is 14.8. The Morgan fingerprint density at radius 3 is 2.35 bits per heavy atom. The molecule has 4 rings (SSSR count). The van der Waals surface area contributed by atoms with E-state index in [1.807, 2.05) is 0 Å². The Hall–Kier alpha value is -1.35. The first kappa shape index (κ1) is 24.3. The van der Waals surface area contributed by atoms with Gasteiger partial charge in [-0.3, -0.25) is 4.79 Å². The Labute approximate surface area is 190 Å². The van der Waals surface area contributed by atoms with E-state index in [1.165, 1.54) is 64.2 Å². The first-order valence-corrected chi connectivity index (χ1v) is 12.6. The lowest BCUT2D eigenvalue weighted by molar-refractivity contribution is -0.110. The van der Waals surface area contributed by atoms with E-state index < -0.39 is 0 Å². The lowest BCUT2D eigenvalue weighted by atomic mass is 9.48. The second-order valence-corrected chi connectivity index (χ2v) is 11.7. The molecule has 1 aromatic carbocycles. The van der Waals surface area contributed by atoms with Crippen LogP contribution in [0.5, 0.6) is 0 Å². The van der Waals surface area contributed by atoms with Gasteiger partial charge in [-0.15, -0.1) is 0 Å². The van der Waals surface area contributed by atoms with Gasteiger partial charge in [0.05, 0.1) is 6.61 Å². The average molecular weight is 428 g/mol. The molecule has 31 heavy (non-hydrogen) atoms. The summed E-state index contributed by atoms with van der Waals surface area (Å²) in [5, 5.41) is 2.80. The van der Waals surface area contributed by atoms with Crippen molar-refractivity contribution in [1.82, 2.24) is 5.32 Å². The molecule has 3 saturated carbocycles. The maximum absolute atomic E-state index is 9.96. The summed E-state index contributed by atoms with van der Waals surface area (Å²) in [5.41, 5.74) is 2.73. The normalized spacial score (nSPS) is 32.5. The molecule has 3 fully saturated rings. The van der Waals surface area contributed by atoms with Crippen LogP contribution in [-0.2, 0) is 14.9 Å². The zero-order chi connectivity index (χ0) is 22.4. The number of carbonyl (C=O) groups is 1. The lowest BCUT2D eigenvalue weighted by Crippen LogP contribution is -2.50. The summed E-state index contributed by atoms with van der Waals surface area (Å²) >= 11 is 0. The molecular weight excluding hydrogens is 382 g/mol. The van der Waals surface area contributed by atoms with Crippen LogP contribution in [0, 0.1) is 16.7 Å². The Balaban J connectivity index is 0.000000254. The number of rotatable bonds is 6. The van der Waals surface area contributed by atoms with Crippen LogP contribution in [0.25, 0.3) is 0 Å². The molecule has 3 aliphatic rings. The summed E-state index contributed by atoms with van der Waals surface area (Å²) in [6.45, 7) is 11.3. The van der Waals surface area contributed by atoms with Gasteiger partial charge in [0.1, 0.15) is 0 Å². The Morgan fingerprint density at radius 1 is 1.00 bits per heavy atom. The monoisotopic (exact) mass is 427 g/mol. The maximum atomic E-state index is 9.96. The van der Waals surface area contributed by atoms with Crippen LogP contribution in [0.1, 0.15) is 97.5 Å². The van der Waals surface area contributed by atoms with Crippen LogP contribution >= 0.6 is 0 Å². The molecule has 1 N–H and O–H groups in total. The standard InChI is InChI=1S/C21H32O.C7H13NO/c1-5-22-16-20(4)12-17-11-19(2,3)14-21(13-17,15-20)18-9-7-6-8-10-18;9-6-8-7-4-2-1-3-5-7/h6-10,17H,5,11-16H2,1-4H3;6-7H,1-5H2,(H,8,9)/t17?,20-,21?;/m0./s1. The summed E-state index contributed by atoms with van der Waals surface area (Å²) in [6.07, 6.45) is 13.8. The topological polar surface area (TPSA) is 38.3 Å². The summed E-state index contributed by atoms with van der Waals surface area (Å²) in [4.78, 5) is 9.96. The quantitative estimate of drug-likeness (QED) is 0.516. The van der Waals surface area contributed by atoms with Crippen LogP contribution < -0.4 is 5.32 Å². The van der Waals surface area contributed by atoms with Crippen LogP contribution in [-0.4, -0.2) is 25.7 Å². The summed E-state index contributed by atoms with van der Waals surface area (Å²) in [7, 11) is 0. The molecule has 0 saturated heterocycles. The van der Waals surface area contributed by atoms with Gasteiger partial charge in [0.25, 0.3) is 0 Å². The molecule has 174 valence electrons. The predicted molar refractivity (Wildman–Crippen MR) is 129 cm³/mol. The van der Waals surface area contributed by atoms with E-state index in [4.69, 9.17) is 4.74 Å². The van der Waals surface area contributed by atoms with Gasteiger partial charge in [0, 0.05) is 12.6 Å². The fourth-order valence-electron chi connectivity index (χ4n) is 7.27. The molecule has 1 amide bonds. The smallest absolute Gasteiger partial charge is 0.207 e. The molecule has 0 spiro atoms. The van der Waals surface area contributed by atoms with Gasteiger partial charge in [-0.05, 0) is 79.6 Å². The fraction of sp³-hybridized carbons (Fsp3) is 0.750. The van der Waals surface area contributed by atoms with E-state index in [0.29, 0.717) is 22.3 Å². The summed E-state index contributed by atoms with van der Waals surface area (Å²) < 4.78 is 5.87. The highest BCUT2D eigenvalue weighted by Gasteiger charge is 2.53. The van der Waals surface area contributed by atoms with Crippen LogP contribution in [0.15, 0.2) is 30.3 Å². The minimum atomic E-state index is 0.339. The number of benzene rings is 1. The fourth-order valence-corrected chi connectivity index (χ4v) is 7.27. The largest absolute Gasteiger partial charge is 0.381 e. The van der Waals surface area contributed by atoms with Crippen molar-refractivity contribution >= 4 is 6.41 Å². The van der Waals surface area contributed by atoms with E-state index in [9.17, 15) is 4.79 Å². The van der Waals surface area contributed by atoms with Crippen molar-refractivity contribution in [3.05, 3.63) is 35.9 Å². The number of carbonyl (C=O) groups excluding carboxylic acids is 1. The number of fused-ring (bicyclic) bond motifs is 2. The second-order valence-electron chi connectivity index (χ2n) is 11.7. The number of ether oxygens (including phenoxy) is 1. The molecule has 0 radical (unpaired) electrons. The predicted octanol–water partition coefficient (Wildman–Crippen LogP) is 6.65. The molecule has 3 nitrogen and oxygen atoms in total. The van der Waals surface area contributed by atoms with Crippen LogP contribution in [0.2, 0.25) is 0 Å². The highest BCUT2D eigenvalue weighted by molar-refractivity contribution is 5.46. The van der Waals surface area contributed by atoms with Gasteiger partial charge in [0.15, 0.2) is 0 Å². The average Bonchev–Trinajstić information content (AvgIpc) is 2.73. The van der Waals surface area contributed by atoms with Gasteiger partial charge in [-0.1, -0.05) is 70.4 Å². The minimum Gasteiger partial charge on any atom is -0.381 e. The Bertz CT molecular complexity index is 682. The zero-order valence-electron chi connectivity index (χ0n) is 20.4. The van der Waals surface area contributed by atoms with E-state index in [1.54, 1.807) is 5.56 Å². The third-order valence-corrected chi connectivity index (χ3v) is 7.83. The van der Waals surface area contributed by atoms with Crippen molar-refractivity contribution in [3.63, 3.8) is 0 Å². The third kappa shape index (κ3) is 6.57. The van der Waals surface area contributed by atoms with Crippen LogP contribution in [0.4, 0.5) is 0 Å². The number of hydrogen-bond acceptors (Lipinski definition) is 2. The van der Waals surface area contributed by atoms with Crippen molar-refractivity contribution in [3.8, 4) is 0 Å². The van der Waals surface area contributed by atoms with Gasteiger partial charge in [0.2, 0.25) is 6.41 Å². The molecule has 3 aliphatic carbocycles. The minimum absolute atomic E-state index is 0.339. The molecule has 2 bridgehead atoms. The van der Waals surface area contributed by atoms with E-state index in [0.717, 1.165) is 25.5 Å². The lowest BCUT2D eigenvalue weighted by Gasteiger charge is -2.57. The highest BCUT2D eigenvalue weighted by atomic mass is 16.5. The third-order valence-electron chi connectivity index (χ3n) is 7.83. The molecule has 3 atom stereocenters. The molecule has 0 aromatic heterocycles. The SMILES string of the molecule is CCOC[C@@]1(C)CC2CC(C)(C)CC(c3ccccc3)(C2)C1.O=CNC1CCCCC1. The molecule has 2 unspecified atom stereocenters. The molecule has 3 heteroatoms.